The van der Waals surface area contributed by atoms with Crippen molar-refractivity contribution in [3.63, 3.8) is 0 Å². The lowest BCUT2D eigenvalue weighted by atomic mass is 9.96. The van der Waals surface area contributed by atoms with Gasteiger partial charge in [0.15, 0.2) is 11.3 Å². The Balaban J connectivity index is 1.56. The van der Waals surface area contributed by atoms with Crippen LogP contribution in [0.4, 0.5) is 0 Å². The molecule has 0 amide bonds. The molecule has 0 saturated heterocycles. The van der Waals surface area contributed by atoms with Crippen LogP contribution in [0.15, 0.2) is 63.6 Å². The van der Waals surface area contributed by atoms with Crippen LogP contribution in [-0.2, 0) is 4.74 Å². The van der Waals surface area contributed by atoms with Gasteiger partial charge < -0.3 is 18.1 Å². The number of hydrogen-bond acceptors (Lipinski definition) is 6. The summed E-state index contributed by atoms with van der Waals surface area (Å²) < 4.78 is 19.0. The number of nitrogens with zero attached hydrogens (tertiary/aromatic N) is 3. The molecule has 5 aromatic rings. The van der Waals surface area contributed by atoms with Gasteiger partial charge in [-0.15, -0.1) is 0 Å². The van der Waals surface area contributed by atoms with Crippen molar-refractivity contribution in [2.24, 2.45) is 0 Å². The lowest BCUT2D eigenvalue weighted by molar-refractivity contribution is 0.0601. The topological polar surface area (TPSA) is 83.3 Å². The Labute approximate surface area is 202 Å². The number of furan rings is 1. The average Bonchev–Trinajstić information content (AvgIpc) is 3.60. The Hall–Kier alpha value is -3.87. The van der Waals surface area contributed by atoms with E-state index in [9.17, 15) is 4.79 Å². The summed E-state index contributed by atoms with van der Waals surface area (Å²) in [6, 6.07) is 15.6. The normalized spacial score (nSPS) is 15.3. The van der Waals surface area contributed by atoms with Gasteiger partial charge in [-0.1, -0.05) is 38.2 Å². The second kappa shape index (κ2) is 9.06. The van der Waals surface area contributed by atoms with Crippen LogP contribution < -0.4 is 0 Å². The predicted molar refractivity (Wildman–Crippen MR) is 133 cm³/mol. The van der Waals surface area contributed by atoms with Gasteiger partial charge in [0, 0.05) is 6.04 Å². The van der Waals surface area contributed by atoms with Crippen molar-refractivity contribution in [1.29, 1.82) is 0 Å². The Morgan fingerprint density at radius 2 is 1.80 bits per heavy atom. The second-order valence-electron chi connectivity index (χ2n) is 9.15. The number of para-hydroxylation sites is 1. The van der Waals surface area contributed by atoms with Crippen molar-refractivity contribution in [2.75, 3.05) is 7.11 Å². The smallest absolute Gasteiger partial charge is 0.337 e. The van der Waals surface area contributed by atoms with Gasteiger partial charge in [-0.25, -0.2) is 14.8 Å². The van der Waals surface area contributed by atoms with Gasteiger partial charge in [0.2, 0.25) is 0 Å². The van der Waals surface area contributed by atoms with Crippen LogP contribution in [0.1, 0.15) is 61.3 Å². The number of benzene rings is 2. The van der Waals surface area contributed by atoms with E-state index in [1.807, 2.05) is 48.5 Å². The summed E-state index contributed by atoms with van der Waals surface area (Å²) in [5.74, 6) is 1.50. The van der Waals surface area contributed by atoms with Gasteiger partial charge in [0.05, 0.1) is 35.5 Å². The molecule has 178 valence electrons. The molecule has 0 aliphatic heterocycles. The van der Waals surface area contributed by atoms with E-state index >= 15 is 0 Å². The standard InChI is InChI=1S/C28H27N3O4/c1-33-28(32)18-14-15-23-22(17-18)29-26(31(23)19-9-5-3-2-4-6-10-19)20-11-7-12-21-25(20)35-27(30-21)24-13-8-16-34-24/h7-8,11-17,19H,2-6,9-10H2,1H3. The SMILES string of the molecule is COC(=O)c1ccc2c(c1)nc(-c1cccc3nc(-c4ccco4)oc13)n2C1CCCCCCC1. The summed E-state index contributed by atoms with van der Waals surface area (Å²) in [7, 11) is 1.40. The number of ether oxygens (including phenoxy) is 1. The minimum absolute atomic E-state index is 0.321. The molecule has 2 aromatic carbocycles. The van der Waals surface area contributed by atoms with Crippen LogP contribution >= 0.6 is 0 Å². The molecule has 0 spiro atoms. The molecule has 7 heteroatoms. The summed E-state index contributed by atoms with van der Waals surface area (Å²) >= 11 is 0. The molecular formula is C28H27N3O4. The van der Waals surface area contributed by atoms with E-state index in [2.05, 4.69) is 9.55 Å². The molecule has 0 radical (unpaired) electrons. The largest absolute Gasteiger partial charge is 0.465 e. The highest BCUT2D eigenvalue weighted by molar-refractivity contribution is 5.96. The van der Waals surface area contributed by atoms with E-state index in [0.717, 1.165) is 40.8 Å². The lowest BCUT2D eigenvalue weighted by Gasteiger charge is -2.24. The van der Waals surface area contributed by atoms with Gasteiger partial charge >= 0.3 is 5.97 Å². The van der Waals surface area contributed by atoms with Gasteiger partial charge in [-0.05, 0) is 55.3 Å². The zero-order chi connectivity index (χ0) is 23.8. The average molecular weight is 470 g/mol. The van der Waals surface area contributed by atoms with Crippen molar-refractivity contribution in [1.82, 2.24) is 14.5 Å². The summed E-state index contributed by atoms with van der Waals surface area (Å²) in [6.45, 7) is 0. The van der Waals surface area contributed by atoms with E-state index in [4.69, 9.17) is 18.6 Å². The van der Waals surface area contributed by atoms with Crippen LogP contribution in [0.3, 0.4) is 0 Å². The van der Waals surface area contributed by atoms with Crippen molar-refractivity contribution < 1.29 is 18.4 Å². The molecule has 0 bridgehead atoms. The molecule has 6 rings (SSSR count). The molecule has 1 fully saturated rings. The third kappa shape index (κ3) is 3.91. The summed E-state index contributed by atoms with van der Waals surface area (Å²) in [5, 5.41) is 0. The monoisotopic (exact) mass is 469 g/mol. The molecule has 0 atom stereocenters. The molecule has 0 N–H and O–H groups in total. The molecule has 35 heavy (non-hydrogen) atoms. The number of hydrogen-bond donors (Lipinski definition) is 0. The molecule has 7 nitrogen and oxygen atoms in total. The van der Waals surface area contributed by atoms with Crippen LogP contribution in [0.25, 0.3) is 45.2 Å². The van der Waals surface area contributed by atoms with Crippen LogP contribution in [0.5, 0.6) is 0 Å². The van der Waals surface area contributed by atoms with Crippen LogP contribution in [0, 0.1) is 0 Å². The fourth-order valence-corrected chi connectivity index (χ4v) is 5.23. The molecule has 1 aliphatic rings. The van der Waals surface area contributed by atoms with E-state index < -0.39 is 0 Å². The third-order valence-electron chi connectivity index (χ3n) is 6.94. The van der Waals surface area contributed by atoms with Crippen molar-refractivity contribution >= 4 is 28.1 Å². The summed E-state index contributed by atoms with van der Waals surface area (Å²) in [4.78, 5) is 21.9. The molecule has 1 saturated carbocycles. The fraction of sp³-hybridized carbons (Fsp3) is 0.321. The first kappa shape index (κ1) is 21.6. The first-order valence-electron chi connectivity index (χ1n) is 12.3. The van der Waals surface area contributed by atoms with Crippen molar-refractivity contribution in [2.45, 2.75) is 51.0 Å². The van der Waals surface area contributed by atoms with E-state index in [1.54, 1.807) is 6.26 Å². The number of methoxy groups -OCH3 is 1. The number of esters is 1. The number of carbonyl (C=O) groups excluding carboxylic acids is 1. The van der Waals surface area contributed by atoms with E-state index in [1.165, 1.54) is 39.2 Å². The van der Waals surface area contributed by atoms with E-state index in [0.29, 0.717) is 28.8 Å². The number of rotatable bonds is 4. The quantitative estimate of drug-likeness (QED) is 0.259. The molecule has 1 aliphatic carbocycles. The van der Waals surface area contributed by atoms with Gasteiger partial charge in [0.25, 0.3) is 5.89 Å². The molecule has 3 aromatic heterocycles. The number of fused-ring (bicyclic) bond motifs is 2. The zero-order valence-electron chi connectivity index (χ0n) is 19.7. The van der Waals surface area contributed by atoms with Gasteiger partial charge in [0.1, 0.15) is 11.3 Å². The number of aromatic nitrogens is 3. The Morgan fingerprint density at radius 1 is 0.971 bits per heavy atom. The zero-order valence-corrected chi connectivity index (χ0v) is 19.7. The fourth-order valence-electron chi connectivity index (χ4n) is 5.23. The number of imidazole rings is 1. The predicted octanol–water partition coefficient (Wildman–Crippen LogP) is 7.18. The lowest BCUT2D eigenvalue weighted by Crippen LogP contribution is -2.12. The van der Waals surface area contributed by atoms with Crippen LogP contribution in [0.2, 0.25) is 0 Å². The van der Waals surface area contributed by atoms with Crippen molar-refractivity contribution in [3.8, 4) is 23.0 Å². The van der Waals surface area contributed by atoms with Crippen LogP contribution in [-0.4, -0.2) is 27.6 Å². The highest BCUT2D eigenvalue weighted by atomic mass is 16.5. The maximum Gasteiger partial charge on any atom is 0.337 e. The third-order valence-corrected chi connectivity index (χ3v) is 6.94. The highest BCUT2D eigenvalue weighted by Crippen LogP contribution is 2.38. The Kier molecular flexibility index (Phi) is 5.60. The molecular weight excluding hydrogens is 442 g/mol. The molecule has 0 unspecified atom stereocenters. The first-order valence-corrected chi connectivity index (χ1v) is 12.3. The Morgan fingerprint density at radius 3 is 2.57 bits per heavy atom. The van der Waals surface area contributed by atoms with Gasteiger partial charge in [-0.2, -0.15) is 0 Å². The molecule has 3 heterocycles. The number of oxazole rings is 1. The summed E-state index contributed by atoms with van der Waals surface area (Å²) in [5.41, 5.74) is 4.58. The van der Waals surface area contributed by atoms with Gasteiger partial charge in [-0.3, -0.25) is 0 Å². The minimum Gasteiger partial charge on any atom is -0.465 e. The minimum atomic E-state index is -0.366. The maximum absolute atomic E-state index is 12.2. The second-order valence-corrected chi connectivity index (χ2v) is 9.15. The van der Waals surface area contributed by atoms with Crippen molar-refractivity contribution in [3.05, 3.63) is 60.4 Å². The Bertz CT molecular complexity index is 1490. The van der Waals surface area contributed by atoms with E-state index in [-0.39, 0.29) is 5.97 Å². The summed E-state index contributed by atoms with van der Waals surface area (Å²) in [6.07, 6.45) is 10.0. The first-order chi connectivity index (χ1) is 17.2. The highest BCUT2D eigenvalue weighted by Gasteiger charge is 2.25. The maximum atomic E-state index is 12.2. The number of carbonyl (C=O) groups is 1.